The van der Waals surface area contributed by atoms with Gasteiger partial charge in [0, 0.05) is 0 Å². The zero-order chi connectivity index (χ0) is 10.9. The van der Waals surface area contributed by atoms with E-state index in [1.165, 1.54) is 0 Å². The fourth-order valence-electron chi connectivity index (χ4n) is 0.836. The molecule has 0 aromatic heterocycles. The van der Waals surface area contributed by atoms with Gasteiger partial charge < -0.3 is 10.1 Å². The van der Waals surface area contributed by atoms with Gasteiger partial charge in [-0.1, -0.05) is 0 Å². The maximum atomic E-state index is 12.6. The Morgan fingerprint density at radius 2 is 1.14 bits per heavy atom. The maximum absolute atomic E-state index is 12.6. The van der Waals surface area contributed by atoms with E-state index in [2.05, 4.69) is 4.89 Å². The fourth-order valence-corrected chi connectivity index (χ4v) is 0.836. The molecule has 0 spiro atoms. The number of hydrogen-bond donors (Lipinski definition) is 0. The molecular weight excluding hydrogens is 211 g/mol. The molecule has 0 aliphatic rings. The third-order valence-corrected chi connectivity index (χ3v) is 1.50. The first-order valence-electron chi connectivity index (χ1n) is 3.25. The van der Waals surface area contributed by atoms with Gasteiger partial charge in [-0.2, -0.15) is 0 Å². The van der Waals surface area contributed by atoms with Crippen molar-refractivity contribution in [1.29, 1.82) is 0 Å². The van der Waals surface area contributed by atoms with Crippen LogP contribution in [0.15, 0.2) is 0 Å². The average molecular weight is 213 g/mol. The van der Waals surface area contributed by atoms with Crippen LogP contribution in [0.25, 0.3) is 0 Å². The molecule has 0 bridgehead atoms. The minimum Gasteiger partial charge on any atom is -0.723 e. The summed E-state index contributed by atoms with van der Waals surface area (Å²) in [5, 5.41) is 9.54. The fraction of sp³-hybridized carbons (Fsp3) is 0.143. The van der Waals surface area contributed by atoms with Gasteiger partial charge in [0.25, 0.3) is 0 Å². The molecule has 1 aromatic rings. The monoisotopic (exact) mass is 213 g/mol. The van der Waals surface area contributed by atoms with Crippen LogP contribution in [0, 0.1) is 29.1 Å². The van der Waals surface area contributed by atoms with E-state index in [0.29, 0.717) is 0 Å². The third-order valence-electron chi connectivity index (χ3n) is 1.50. The van der Waals surface area contributed by atoms with Crippen molar-refractivity contribution in [2.45, 2.75) is 6.61 Å². The van der Waals surface area contributed by atoms with E-state index < -0.39 is 41.3 Å². The average Bonchev–Trinajstić information content (AvgIpc) is 2.19. The van der Waals surface area contributed by atoms with Gasteiger partial charge in [0.2, 0.25) is 5.82 Å². The topological polar surface area (TPSA) is 32.3 Å². The van der Waals surface area contributed by atoms with E-state index in [1.807, 2.05) is 0 Å². The Hall–Kier alpha value is -1.21. The molecular formula is C7H2F5O2-. The molecule has 0 amide bonds. The molecule has 7 heteroatoms. The number of benzene rings is 1. The Balaban J connectivity index is 3.43. The van der Waals surface area contributed by atoms with Crippen molar-refractivity contribution in [2.75, 3.05) is 0 Å². The van der Waals surface area contributed by atoms with E-state index in [9.17, 15) is 27.2 Å². The summed E-state index contributed by atoms with van der Waals surface area (Å²) in [5.74, 6) is -10.6. The van der Waals surface area contributed by atoms with Crippen LogP contribution in [0.1, 0.15) is 5.56 Å². The Morgan fingerprint density at radius 1 is 0.786 bits per heavy atom. The van der Waals surface area contributed by atoms with Gasteiger partial charge in [-0.3, -0.25) is 0 Å². The molecule has 14 heavy (non-hydrogen) atoms. The summed E-state index contributed by atoms with van der Waals surface area (Å²) in [6.07, 6.45) is 0. The first-order chi connectivity index (χ1) is 6.50. The number of rotatable bonds is 2. The van der Waals surface area contributed by atoms with Gasteiger partial charge in [0.1, 0.15) is 0 Å². The zero-order valence-corrected chi connectivity index (χ0v) is 6.41. The van der Waals surface area contributed by atoms with E-state index in [1.54, 1.807) is 0 Å². The SMILES string of the molecule is [O-]OCc1c(F)c(F)c(F)c(F)c1F. The lowest BCUT2D eigenvalue weighted by Gasteiger charge is -2.10. The quantitative estimate of drug-likeness (QED) is 0.243. The largest absolute Gasteiger partial charge is 0.723 e. The molecule has 0 unspecified atom stereocenters. The Morgan fingerprint density at radius 3 is 1.50 bits per heavy atom. The molecule has 1 aromatic carbocycles. The summed E-state index contributed by atoms with van der Waals surface area (Å²) in [6, 6.07) is 0. The highest BCUT2D eigenvalue weighted by Crippen LogP contribution is 2.22. The van der Waals surface area contributed by atoms with E-state index in [4.69, 9.17) is 0 Å². The molecule has 0 radical (unpaired) electrons. The maximum Gasteiger partial charge on any atom is 0.200 e. The van der Waals surface area contributed by atoms with Crippen LogP contribution in [0.4, 0.5) is 22.0 Å². The molecule has 2 nitrogen and oxygen atoms in total. The molecule has 78 valence electrons. The van der Waals surface area contributed by atoms with E-state index in [-0.39, 0.29) is 0 Å². The molecule has 0 atom stereocenters. The van der Waals surface area contributed by atoms with Crippen molar-refractivity contribution < 1.29 is 32.1 Å². The first kappa shape index (κ1) is 10.9. The lowest BCUT2D eigenvalue weighted by atomic mass is 10.2. The Labute approximate surface area is 74.5 Å². The van der Waals surface area contributed by atoms with Crippen molar-refractivity contribution in [3.8, 4) is 0 Å². The van der Waals surface area contributed by atoms with Crippen LogP contribution in [0.5, 0.6) is 0 Å². The molecule has 0 aliphatic carbocycles. The van der Waals surface area contributed by atoms with Gasteiger partial charge in [-0.05, 0) is 0 Å². The molecule has 0 saturated heterocycles. The van der Waals surface area contributed by atoms with Crippen molar-refractivity contribution in [3.05, 3.63) is 34.6 Å². The van der Waals surface area contributed by atoms with Crippen molar-refractivity contribution in [3.63, 3.8) is 0 Å². The minimum atomic E-state index is -2.27. The summed E-state index contributed by atoms with van der Waals surface area (Å²) in [4.78, 5) is 3.05. The highest BCUT2D eigenvalue weighted by Gasteiger charge is 2.24. The highest BCUT2D eigenvalue weighted by atomic mass is 19.2. The van der Waals surface area contributed by atoms with Crippen LogP contribution < -0.4 is 5.26 Å². The standard InChI is InChI=1S/C7H3F5O2/c8-3-2(1-14-13)4(9)6(11)7(12)5(3)10/h13H,1H2/p-1. The number of halogens is 5. The van der Waals surface area contributed by atoms with Crippen molar-refractivity contribution in [1.82, 2.24) is 0 Å². The van der Waals surface area contributed by atoms with Crippen LogP contribution in [0.3, 0.4) is 0 Å². The van der Waals surface area contributed by atoms with Crippen molar-refractivity contribution in [2.24, 2.45) is 0 Å². The van der Waals surface area contributed by atoms with Crippen LogP contribution in [-0.4, -0.2) is 0 Å². The molecule has 0 heterocycles. The summed E-state index contributed by atoms with van der Waals surface area (Å²) in [7, 11) is 0. The highest BCUT2D eigenvalue weighted by molar-refractivity contribution is 5.23. The minimum absolute atomic E-state index is 1.23. The lowest BCUT2D eigenvalue weighted by Crippen LogP contribution is -2.12. The summed E-state index contributed by atoms with van der Waals surface area (Å²) in [5.41, 5.74) is -1.28. The normalized spacial score (nSPS) is 10.7. The van der Waals surface area contributed by atoms with Crippen LogP contribution in [0.2, 0.25) is 0 Å². The summed E-state index contributed by atoms with van der Waals surface area (Å²) < 4.78 is 62.5. The summed E-state index contributed by atoms with van der Waals surface area (Å²) >= 11 is 0. The second-order valence-electron chi connectivity index (χ2n) is 2.31. The third kappa shape index (κ3) is 1.55. The van der Waals surface area contributed by atoms with Gasteiger partial charge >= 0.3 is 0 Å². The van der Waals surface area contributed by atoms with Crippen LogP contribution in [-0.2, 0) is 11.5 Å². The first-order valence-corrected chi connectivity index (χ1v) is 3.25. The summed E-state index contributed by atoms with van der Waals surface area (Å²) in [6.45, 7) is -1.23. The molecule has 0 N–H and O–H groups in total. The van der Waals surface area contributed by atoms with Gasteiger partial charge in [0.05, 0.1) is 12.2 Å². The second-order valence-corrected chi connectivity index (χ2v) is 2.31. The van der Waals surface area contributed by atoms with Crippen molar-refractivity contribution >= 4 is 0 Å². The molecule has 0 aliphatic heterocycles. The second kappa shape index (κ2) is 3.89. The lowest BCUT2D eigenvalue weighted by molar-refractivity contribution is -0.695. The predicted molar refractivity (Wildman–Crippen MR) is 31.0 cm³/mol. The molecule has 0 fully saturated rings. The molecule has 0 saturated carbocycles. The van der Waals surface area contributed by atoms with Gasteiger partial charge in [-0.25, -0.2) is 22.0 Å². The molecule has 1 rings (SSSR count). The predicted octanol–water partition coefficient (Wildman–Crippen LogP) is 1.17. The Kier molecular flexibility index (Phi) is 3.02. The van der Waals surface area contributed by atoms with Gasteiger partial charge in [-0.15, -0.1) is 0 Å². The Bertz CT molecular complexity index is 337. The van der Waals surface area contributed by atoms with Crippen LogP contribution >= 0.6 is 0 Å². The zero-order valence-electron chi connectivity index (χ0n) is 6.41. The van der Waals surface area contributed by atoms with E-state index >= 15 is 0 Å². The van der Waals surface area contributed by atoms with Gasteiger partial charge in [0.15, 0.2) is 23.3 Å². The smallest absolute Gasteiger partial charge is 0.200 e. The van der Waals surface area contributed by atoms with E-state index in [0.717, 1.165) is 0 Å². The number of hydrogen-bond acceptors (Lipinski definition) is 2.